The molecule has 4 heteroatoms. The summed E-state index contributed by atoms with van der Waals surface area (Å²) >= 11 is 3.22. The Kier molecular flexibility index (Phi) is 7.12. The van der Waals surface area contributed by atoms with E-state index in [-0.39, 0.29) is 5.82 Å². The van der Waals surface area contributed by atoms with Crippen molar-refractivity contribution in [3.05, 3.63) is 101 Å². The van der Waals surface area contributed by atoms with Gasteiger partial charge in [-0.2, -0.15) is 0 Å². The summed E-state index contributed by atoms with van der Waals surface area (Å²) in [5, 5.41) is 3.02. The Hall–Kier alpha value is -2.30. The highest BCUT2D eigenvalue weighted by molar-refractivity contribution is 8.14. The van der Waals surface area contributed by atoms with Gasteiger partial charge >= 0.3 is 0 Å². The Morgan fingerprint density at radius 2 is 1.32 bits per heavy atom. The zero-order chi connectivity index (χ0) is 19.9. The quantitative estimate of drug-likeness (QED) is 0.242. The van der Waals surface area contributed by atoms with Gasteiger partial charge in [-0.05, 0) is 80.3 Å². The molecule has 3 aromatic carbocycles. The number of aliphatic imine (C=N–C) groups is 1. The molecule has 0 heterocycles. The van der Waals surface area contributed by atoms with Crippen molar-refractivity contribution in [2.24, 2.45) is 4.99 Å². The topological polar surface area (TPSA) is 12.4 Å². The minimum Gasteiger partial charge on any atom is -0.241 e. The molecule has 0 spiro atoms. The maximum absolute atomic E-state index is 13.1. The number of halogens is 1. The summed E-state index contributed by atoms with van der Waals surface area (Å²) in [5.41, 5.74) is 4.45. The zero-order valence-electron chi connectivity index (χ0n) is 16.1. The summed E-state index contributed by atoms with van der Waals surface area (Å²) in [4.78, 5) is 7.03. The molecule has 0 fully saturated rings. The van der Waals surface area contributed by atoms with E-state index in [2.05, 4.69) is 62.6 Å². The van der Waals surface area contributed by atoms with E-state index in [0.29, 0.717) is 0 Å². The van der Waals surface area contributed by atoms with E-state index < -0.39 is 0 Å². The van der Waals surface area contributed by atoms with Crippen LogP contribution in [0.2, 0.25) is 0 Å². The Morgan fingerprint density at radius 1 is 0.786 bits per heavy atom. The number of nitrogens with zero attached hydrogens (tertiary/aromatic N) is 1. The van der Waals surface area contributed by atoms with Crippen LogP contribution < -0.4 is 0 Å². The highest BCUT2D eigenvalue weighted by atomic mass is 32.2. The fraction of sp³-hybridized carbons (Fsp3) is 0.125. The van der Waals surface area contributed by atoms with Crippen LogP contribution in [0.5, 0.6) is 0 Å². The number of thioether (sulfide) groups is 2. The Labute approximate surface area is 174 Å². The van der Waals surface area contributed by atoms with Gasteiger partial charge in [-0.25, -0.2) is 9.38 Å². The van der Waals surface area contributed by atoms with Gasteiger partial charge in [0.25, 0.3) is 0 Å². The predicted molar refractivity (Wildman–Crippen MR) is 121 cm³/mol. The van der Waals surface area contributed by atoms with E-state index in [0.717, 1.165) is 26.1 Å². The number of aryl methyl sites for hydroxylation is 2. The first kappa shape index (κ1) is 20.4. The van der Waals surface area contributed by atoms with Crippen LogP contribution in [0.3, 0.4) is 0 Å². The van der Waals surface area contributed by atoms with Crippen molar-refractivity contribution in [1.29, 1.82) is 0 Å². The molecule has 142 valence electrons. The highest BCUT2D eigenvalue weighted by Gasteiger charge is 2.07. The molecule has 0 atom stereocenters. The molecule has 3 aromatic rings. The summed E-state index contributed by atoms with van der Waals surface area (Å²) in [5.74, 6) is -0.221. The summed E-state index contributed by atoms with van der Waals surface area (Å²) in [6.45, 7) is 6.21. The molecule has 0 radical (unpaired) electrons. The van der Waals surface area contributed by atoms with Crippen LogP contribution in [0.25, 0.3) is 0 Å². The van der Waals surface area contributed by atoms with Crippen molar-refractivity contribution in [2.45, 2.75) is 30.6 Å². The average molecular weight is 408 g/mol. The van der Waals surface area contributed by atoms with Crippen LogP contribution in [0.1, 0.15) is 18.1 Å². The molecule has 0 aliphatic heterocycles. The molecule has 3 rings (SSSR count). The minimum atomic E-state index is -0.221. The lowest BCUT2D eigenvalue weighted by molar-refractivity contribution is 0.626. The first-order chi connectivity index (χ1) is 13.5. The average Bonchev–Trinajstić information content (AvgIpc) is 2.70. The zero-order valence-corrected chi connectivity index (χ0v) is 17.8. The van der Waals surface area contributed by atoms with Crippen LogP contribution in [0.4, 0.5) is 10.1 Å². The van der Waals surface area contributed by atoms with Crippen LogP contribution in [0, 0.1) is 19.7 Å². The van der Waals surface area contributed by atoms with Crippen LogP contribution in [-0.4, -0.2) is 5.04 Å². The van der Waals surface area contributed by atoms with Gasteiger partial charge < -0.3 is 0 Å². The van der Waals surface area contributed by atoms with Gasteiger partial charge in [-0.15, -0.1) is 0 Å². The second-order valence-electron chi connectivity index (χ2n) is 6.54. The molecule has 0 amide bonds. The lowest BCUT2D eigenvalue weighted by Gasteiger charge is -2.08. The fourth-order valence-electron chi connectivity index (χ4n) is 2.37. The molecule has 0 saturated carbocycles. The van der Waals surface area contributed by atoms with Gasteiger partial charge in [0.15, 0.2) is 0 Å². The van der Waals surface area contributed by atoms with E-state index >= 15 is 0 Å². The third-order valence-electron chi connectivity index (χ3n) is 4.02. The molecule has 0 aromatic heterocycles. The van der Waals surface area contributed by atoms with Gasteiger partial charge in [-0.3, -0.25) is 0 Å². The van der Waals surface area contributed by atoms with Gasteiger partial charge in [0.05, 0.1) is 5.69 Å². The third kappa shape index (κ3) is 6.11. The third-order valence-corrected chi connectivity index (χ3v) is 6.15. The summed E-state index contributed by atoms with van der Waals surface area (Å²) in [7, 11) is 0. The fourth-order valence-corrected chi connectivity index (χ4v) is 4.02. The molecule has 0 aliphatic rings. The molecule has 0 saturated heterocycles. The Bertz CT molecular complexity index is 973. The van der Waals surface area contributed by atoms with E-state index in [1.165, 1.54) is 23.3 Å². The van der Waals surface area contributed by atoms with Crippen molar-refractivity contribution < 1.29 is 4.39 Å². The summed E-state index contributed by atoms with van der Waals surface area (Å²) in [6.07, 6.45) is 0. The SMILES string of the molecule is CC(=C\Sc1ccc(F)cc1)/C(=N/c1ccc(C)cc1)Sc1ccc(C)cc1. The molecule has 28 heavy (non-hydrogen) atoms. The monoisotopic (exact) mass is 407 g/mol. The van der Waals surface area contributed by atoms with Gasteiger partial charge in [0, 0.05) is 9.79 Å². The van der Waals surface area contributed by atoms with Crippen LogP contribution in [0.15, 0.2) is 98.6 Å². The number of hydrogen-bond donors (Lipinski definition) is 0. The highest BCUT2D eigenvalue weighted by Crippen LogP contribution is 2.29. The van der Waals surface area contributed by atoms with Crippen molar-refractivity contribution in [3.8, 4) is 0 Å². The first-order valence-corrected chi connectivity index (χ1v) is 10.7. The van der Waals surface area contributed by atoms with Crippen molar-refractivity contribution in [2.75, 3.05) is 0 Å². The maximum Gasteiger partial charge on any atom is 0.123 e. The standard InChI is InChI=1S/C24H22FNS2/c1-17-4-10-21(11-5-17)26-24(28-23-12-6-18(2)7-13-23)19(3)16-27-22-14-8-20(25)9-15-22/h4-16H,1-3H3/b19-16+,26-24-. The number of rotatable bonds is 5. The van der Waals surface area contributed by atoms with Gasteiger partial charge in [-0.1, -0.05) is 58.9 Å². The van der Waals surface area contributed by atoms with E-state index in [9.17, 15) is 4.39 Å². The van der Waals surface area contributed by atoms with Gasteiger partial charge in [0.1, 0.15) is 10.9 Å². The number of hydrogen-bond acceptors (Lipinski definition) is 3. The van der Waals surface area contributed by atoms with E-state index in [1.807, 2.05) is 12.1 Å². The Morgan fingerprint density at radius 3 is 1.93 bits per heavy atom. The molecule has 1 nitrogen and oxygen atoms in total. The molecular weight excluding hydrogens is 385 g/mol. The first-order valence-electron chi connectivity index (χ1n) is 8.99. The largest absolute Gasteiger partial charge is 0.241 e. The lowest BCUT2D eigenvalue weighted by Crippen LogP contribution is -1.94. The summed E-state index contributed by atoms with van der Waals surface area (Å²) in [6, 6.07) is 23.2. The van der Waals surface area contributed by atoms with Crippen molar-refractivity contribution in [3.63, 3.8) is 0 Å². The summed E-state index contributed by atoms with van der Waals surface area (Å²) < 4.78 is 13.1. The van der Waals surface area contributed by atoms with E-state index in [4.69, 9.17) is 4.99 Å². The predicted octanol–water partition coefficient (Wildman–Crippen LogP) is 7.96. The lowest BCUT2D eigenvalue weighted by atomic mass is 10.2. The second-order valence-corrected chi connectivity index (χ2v) is 8.55. The van der Waals surface area contributed by atoms with Crippen LogP contribution in [-0.2, 0) is 0 Å². The molecule has 0 aliphatic carbocycles. The second kappa shape index (κ2) is 9.76. The molecule has 0 unspecified atom stereocenters. The van der Waals surface area contributed by atoms with E-state index in [1.54, 1.807) is 35.7 Å². The normalized spacial score (nSPS) is 12.3. The molecule has 0 N–H and O–H groups in total. The van der Waals surface area contributed by atoms with Crippen molar-refractivity contribution >= 4 is 34.3 Å². The minimum absolute atomic E-state index is 0.221. The van der Waals surface area contributed by atoms with Crippen molar-refractivity contribution in [1.82, 2.24) is 0 Å². The Balaban J connectivity index is 1.87. The smallest absolute Gasteiger partial charge is 0.123 e. The maximum atomic E-state index is 13.1. The molecule has 0 bridgehead atoms. The number of benzene rings is 3. The molecular formula is C24H22FNS2. The van der Waals surface area contributed by atoms with Gasteiger partial charge in [0.2, 0.25) is 0 Å². The van der Waals surface area contributed by atoms with Crippen LogP contribution >= 0.6 is 23.5 Å².